The topological polar surface area (TPSA) is 80.3 Å². The number of hydrogen-bond acceptors (Lipinski definition) is 6. The molecule has 3 aromatic carbocycles. The Morgan fingerprint density at radius 2 is 1.68 bits per heavy atom. The fourth-order valence-corrected chi connectivity index (χ4v) is 6.19. The number of hydrogen-bond donors (Lipinski definition) is 2. The molecular formula is C37H44N2O5. The van der Waals surface area contributed by atoms with Crippen LogP contribution in [0.5, 0.6) is 0 Å². The summed E-state index contributed by atoms with van der Waals surface area (Å²) in [7, 11) is 0. The first-order valence-electron chi connectivity index (χ1n) is 15.6. The number of aliphatic hydroxyl groups excluding tert-OH is 1. The minimum Gasteiger partial charge on any atom is -0.445 e. The number of nitrogens with one attached hydrogen (secondary N) is 1. The van der Waals surface area contributed by atoms with Gasteiger partial charge in [0.05, 0.1) is 18.8 Å². The molecule has 2 N–H and O–H groups in total. The summed E-state index contributed by atoms with van der Waals surface area (Å²) in [6.45, 7) is 9.81. The van der Waals surface area contributed by atoms with Gasteiger partial charge in [-0.1, -0.05) is 92.2 Å². The van der Waals surface area contributed by atoms with Gasteiger partial charge in [0.1, 0.15) is 6.61 Å². The number of ether oxygens (including phenoxy) is 3. The molecule has 0 spiro atoms. The standard InChI is InChI=1S/C37H44N2O5/c1-3-19-39(33-13-5-6-14-33)25-34-23-35(29-17-15-27(26-40)16-18-29)44-36(43-34)32-12-8-11-31(22-32)30-10-7-9-28(21-30)24-38-37(41)42-20-4-2/h3-4,7-12,15-18,21-22,33-36,40H,1-2,5-6,13-14,19-20,23-26H2,(H,38,41)/t34-,35+,36+/m1/s1. The van der Waals surface area contributed by atoms with Gasteiger partial charge in [-0.3, -0.25) is 4.90 Å². The van der Waals surface area contributed by atoms with Crippen LogP contribution in [-0.4, -0.2) is 47.9 Å². The molecular weight excluding hydrogens is 552 g/mol. The van der Waals surface area contributed by atoms with Gasteiger partial charge < -0.3 is 24.6 Å². The molecule has 3 aromatic rings. The Labute approximate surface area is 261 Å². The van der Waals surface area contributed by atoms with E-state index in [9.17, 15) is 9.90 Å². The van der Waals surface area contributed by atoms with Crippen molar-refractivity contribution in [2.45, 2.75) is 69.8 Å². The molecule has 1 aliphatic carbocycles. The molecule has 0 unspecified atom stereocenters. The average molecular weight is 597 g/mol. The van der Waals surface area contributed by atoms with Gasteiger partial charge in [-0.25, -0.2) is 4.79 Å². The van der Waals surface area contributed by atoms with E-state index >= 15 is 0 Å². The van der Waals surface area contributed by atoms with Crippen LogP contribution in [-0.2, 0) is 27.4 Å². The quantitative estimate of drug-likeness (QED) is 0.203. The molecule has 2 fully saturated rings. The van der Waals surface area contributed by atoms with E-state index in [0.29, 0.717) is 12.6 Å². The van der Waals surface area contributed by atoms with Gasteiger partial charge in [0, 0.05) is 37.7 Å². The molecule has 0 radical (unpaired) electrons. The van der Waals surface area contributed by atoms with E-state index in [-0.39, 0.29) is 25.4 Å². The highest BCUT2D eigenvalue weighted by molar-refractivity contribution is 5.68. The van der Waals surface area contributed by atoms with Crippen molar-refractivity contribution in [1.29, 1.82) is 0 Å². The van der Waals surface area contributed by atoms with Crippen LogP contribution in [0.15, 0.2) is 98.1 Å². The van der Waals surface area contributed by atoms with Crippen LogP contribution in [0.25, 0.3) is 11.1 Å². The maximum atomic E-state index is 11.9. The smallest absolute Gasteiger partial charge is 0.407 e. The molecule has 1 saturated heterocycles. The number of carbonyl (C=O) groups excluding carboxylic acids is 1. The fourth-order valence-electron chi connectivity index (χ4n) is 6.19. The molecule has 1 saturated carbocycles. The summed E-state index contributed by atoms with van der Waals surface area (Å²) in [5, 5.41) is 12.3. The van der Waals surface area contributed by atoms with Gasteiger partial charge in [0.25, 0.3) is 0 Å². The molecule has 1 heterocycles. The molecule has 7 heteroatoms. The number of rotatable bonds is 13. The summed E-state index contributed by atoms with van der Waals surface area (Å²) in [6.07, 6.45) is 8.12. The van der Waals surface area contributed by atoms with E-state index in [0.717, 1.165) is 52.9 Å². The molecule has 44 heavy (non-hydrogen) atoms. The van der Waals surface area contributed by atoms with Crippen molar-refractivity contribution in [1.82, 2.24) is 10.2 Å². The van der Waals surface area contributed by atoms with Gasteiger partial charge in [-0.05, 0) is 52.8 Å². The molecule has 0 bridgehead atoms. The second-order valence-corrected chi connectivity index (χ2v) is 11.6. The first-order valence-corrected chi connectivity index (χ1v) is 15.6. The zero-order chi connectivity index (χ0) is 30.7. The van der Waals surface area contributed by atoms with Crippen molar-refractivity contribution < 1.29 is 24.1 Å². The van der Waals surface area contributed by atoms with Gasteiger partial charge in [0.15, 0.2) is 6.29 Å². The van der Waals surface area contributed by atoms with Crippen molar-refractivity contribution in [2.75, 3.05) is 19.7 Å². The highest BCUT2D eigenvalue weighted by atomic mass is 16.7. The lowest BCUT2D eigenvalue weighted by molar-refractivity contribution is -0.253. The summed E-state index contributed by atoms with van der Waals surface area (Å²) < 4.78 is 18.4. The van der Waals surface area contributed by atoms with Crippen molar-refractivity contribution in [3.05, 3.63) is 120 Å². The molecule has 232 valence electrons. The Hall–Kier alpha value is -3.75. The monoisotopic (exact) mass is 596 g/mol. The molecule has 3 atom stereocenters. The predicted molar refractivity (Wildman–Crippen MR) is 173 cm³/mol. The van der Waals surface area contributed by atoms with E-state index in [2.05, 4.69) is 65.8 Å². The van der Waals surface area contributed by atoms with Crippen LogP contribution in [0, 0.1) is 0 Å². The van der Waals surface area contributed by atoms with Crippen LogP contribution >= 0.6 is 0 Å². The number of aliphatic hydroxyl groups is 1. The number of alkyl carbamates (subject to hydrolysis) is 1. The molecule has 7 nitrogen and oxygen atoms in total. The van der Waals surface area contributed by atoms with Crippen LogP contribution < -0.4 is 5.32 Å². The molecule has 0 aromatic heterocycles. The Morgan fingerprint density at radius 1 is 0.932 bits per heavy atom. The van der Waals surface area contributed by atoms with E-state index in [1.165, 1.54) is 31.8 Å². The zero-order valence-corrected chi connectivity index (χ0v) is 25.4. The Morgan fingerprint density at radius 3 is 2.41 bits per heavy atom. The third kappa shape index (κ3) is 8.45. The molecule has 1 aliphatic heterocycles. The third-order valence-electron chi connectivity index (χ3n) is 8.45. The highest BCUT2D eigenvalue weighted by Gasteiger charge is 2.34. The summed E-state index contributed by atoms with van der Waals surface area (Å²) in [5.74, 6) is 0. The van der Waals surface area contributed by atoms with Gasteiger partial charge >= 0.3 is 6.09 Å². The summed E-state index contributed by atoms with van der Waals surface area (Å²) in [5.41, 5.74) is 5.96. The van der Waals surface area contributed by atoms with E-state index < -0.39 is 12.4 Å². The van der Waals surface area contributed by atoms with Gasteiger partial charge in [-0.2, -0.15) is 0 Å². The number of benzene rings is 3. The molecule has 2 aliphatic rings. The molecule has 1 amide bonds. The fraction of sp³-hybridized carbons (Fsp3) is 0.378. The van der Waals surface area contributed by atoms with E-state index in [1.54, 1.807) is 0 Å². The first kappa shape index (κ1) is 31.7. The summed E-state index contributed by atoms with van der Waals surface area (Å²) >= 11 is 0. The lowest BCUT2D eigenvalue weighted by Gasteiger charge is -2.39. The maximum absolute atomic E-state index is 11.9. The minimum atomic E-state index is -0.533. The number of amides is 1. The van der Waals surface area contributed by atoms with E-state index in [4.69, 9.17) is 14.2 Å². The third-order valence-corrected chi connectivity index (χ3v) is 8.45. The second-order valence-electron chi connectivity index (χ2n) is 11.6. The van der Waals surface area contributed by atoms with Gasteiger partial charge in [-0.15, -0.1) is 6.58 Å². The van der Waals surface area contributed by atoms with Crippen molar-refractivity contribution in [2.24, 2.45) is 0 Å². The van der Waals surface area contributed by atoms with Crippen LogP contribution in [0.2, 0.25) is 0 Å². The number of carbonyl (C=O) groups is 1. The predicted octanol–water partition coefficient (Wildman–Crippen LogP) is 7.23. The SMILES string of the molecule is C=CCOC(=O)NCc1cccc(-c2cccc([C@H]3O[C@@H](CN(CC=C)C4CCCC4)C[C@@H](c4ccc(CO)cc4)O3)c2)c1. The van der Waals surface area contributed by atoms with Crippen LogP contribution in [0.1, 0.15) is 66.8 Å². The molecule has 5 rings (SSSR count). The summed E-state index contributed by atoms with van der Waals surface area (Å²) in [4.78, 5) is 14.4. The Bertz CT molecular complexity index is 1380. The van der Waals surface area contributed by atoms with Gasteiger partial charge in [0.2, 0.25) is 0 Å². The van der Waals surface area contributed by atoms with E-state index in [1.807, 2.05) is 36.4 Å². The Balaban J connectivity index is 1.36. The highest BCUT2D eigenvalue weighted by Crippen LogP contribution is 2.39. The second kappa shape index (κ2) is 15.8. The summed E-state index contributed by atoms with van der Waals surface area (Å²) in [6, 6.07) is 25.0. The van der Waals surface area contributed by atoms with Crippen LogP contribution in [0.3, 0.4) is 0 Å². The number of nitrogens with zero attached hydrogens (tertiary/aromatic N) is 1. The normalized spacial score (nSPS) is 20.4. The lowest BCUT2D eigenvalue weighted by atomic mass is 9.98. The largest absolute Gasteiger partial charge is 0.445 e. The Kier molecular flexibility index (Phi) is 11.4. The zero-order valence-electron chi connectivity index (χ0n) is 25.4. The van der Waals surface area contributed by atoms with Crippen molar-refractivity contribution in [3.63, 3.8) is 0 Å². The van der Waals surface area contributed by atoms with Crippen molar-refractivity contribution in [3.8, 4) is 11.1 Å². The van der Waals surface area contributed by atoms with Crippen LogP contribution in [0.4, 0.5) is 4.79 Å². The van der Waals surface area contributed by atoms with Crippen molar-refractivity contribution >= 4 is 6.09 Å². The average Bonchev–Trinajstić information content (AvgIpc) is 3.62. The maximum Gasteiger partial charge on any atom is 0.407 e. The lowest BCUT2D eigenvalue weighted by Crippen LogP contribution is -2.43. The minimum absolute atomic E-state index is 0.0154. The first-order chi connectivity index (χ1) is 21.6.